The van der Waals surface area contributed by atoms with E-state index in [4.69, 9.17) is 4.74 Å². The Morgan fingerprint density at radius 3 is 2.24 bits per heavy atom. The third kappa shape index (κ3) is 3.18. The lowest BCUT2D eigenvalue weighted by Gasteiger charge is -2.22. The number of halogens is 4. The normalized spacial score (nSPS) is 31.4. The Hall–Kier alpha value is -1.22. The van der Waals surface area contributed by atoms with Gasteiger partial charge in [0.15, 0.2) is 0 Å². The van der Waals surface area contributed by atoms with Crippen molar-refractivity contribution in [3.63, 3.8) is 0 Å². The van der Waals surface area contributed by atoms with Crippen LogP contribution in [0.2, 0.25) is 0 Å². The van der Waals surface area contributed by atoms with Crippen LogP contribution < -0.4 is 0 Å². The van der Waals surface area contributed by atoms with E-state index >= 15 is 0 Å². The predicted octanol–water partition coefficient (Wildman–Crippen LogP) is 1.39. The fourth-order valence-electron chi connectivity index (χ4n) is 2.28. The summed E-state index contributed by atoms with van der Waals surface area (Å²) in [5, 5.41) is 29.2. The summed E-state index contributed by atoms with van der Waals surface area (Å²) in [6, 6.07) is 1.62. The summed E-state index contributed by atoms with van der Waals surface area (Å²) in [5.74, 6) is -1.17. The fourth-order valence-corrected chi connectivity index (χ4v) is 2.28. The lowest BCUT2D eigenvalue weighted by molar-refractivity contribution is -0.138. The van der Waals surface area contributed by atoms with E-state index in [1.54, 1.807) is 0 Å². The molecule has 21 heavy (non-hydrogen) atoms. The third-order valence-electron chi connectivity index (χ3n) is 3.44. The van der Waals surface area contributed by atoms with Gasteiger partial charge in [0.25, 0.3) is 0 Å². The molecule has 0 bridgehead atoms. The molecule has 5 unspecified atom stereocenters. The maximum atomic E-state index is 13.3. The first-order valence-corrected chi connectivity index (χ1v) is 6.18. The van der Waals surface area contributed by atoms with Crippen LogP contribution in [-0.2, 0) is 10.9 Å². The standard InChI is InChI=1S/C13H14F4O4/c1-5-9(18)11(20)12(21-5)10(19)6-2-7(13(15,16)17)4-8(14)3-6/h2-5,9-12,18-20H,1H3. The molecule has 4 nitrogen and oxygen atoms in total. The zero-order valence-corrected chi connectivity index (χ0v) is 10.9. The van der Waals surface area contributed by atoms with Crippen molar-refractivity contribution < 1.29 is 37.6 Å². The van der Waals surface area contributed by atoms with Crippen molar-refractivity contribution >= 4 is 0 Å². The molecule has 1 heterocycles. The Balaban J connectivity index is 2.32. The van der Waals surface area contributed by atoms with Gasteiger partial charge in [-0.3, -0.25) is 0 Å². The summed E-state index contributed by atoms with van der Waals surface area (Å²) < 4.78 is 56.3. The van der Waals surface area contributed by atoms with Crippen LogP contribution in [0.3, 0.4) is 0 Å². The molecule has 1 aromatic rings. The highest BCUT2D eigenvalue weighted by Crippen LogP contribution is 2.35. The molecule has 1 saturated heterocycles. The molecular weight excluding hydrogens is 296 g/mol. The molecule has 0 aromatic heterocycles. The zero-order chi connectivity index (χ0) is 15.9. The van der Waals surface area contributed by atoms with Crippen LogP contribution in [-0.4, -0.2) is 39.7 Å². The van der Waals surface area contributed by atoms with Gasteiger partial charge in [-0.15, -0.1) is 0 Å². The highest BCUT2D eigenvalue weighted by atomic mass is 19.4. The summed E-state index contributed by atoms with van der Waals surface area (Å²) in [5.41, 5.74) is -1.63. The number of hydrogen-bond acceptors (Lipinski definition) is 4. The van der Waals surface area contributed by atoms with Gasteiger partial charge in [0.2, 0.25) is 0 Å². The molecule has 0 amide bonds. The molecule has 1 aromatic carbocycles. The largest absolute Gasteiger partial charge is 0.416 e. The van der Waals surface area contributed by atoms with Crippen LogP contribution in [0.15, 0.2) is 18.2 Å². The minimum Gasteiger partial charge on any atom is -0.388 e. The second-order valence-corrected chi connectivity index (χ2v) is 5.00. The summed E-state index contributed by atoms with van der Waals surface area (Å²) in [7, 11) is 0. The second kappa shape index (κ2) is 5.53. The Bertz CT molecular complexity index is 519. The van der Waals surface area contributed by atoms with Crippen molar-refractivity contribution in [2.24, 2.45) is 0 Å². The molecule has 1 aliphatic rings. The van der Waals surface area contributed by atoms with Crippen LogP contribution in [0.5, 0.6) is 0 Å². The van der Waals surface area contributed by atoms with E-state index in [2.05, 4.69) is 0 Å². The van der Waals surface area contributed by atoms with Crippen molar-refractivity contribution in [3.05, 3.63) is 35.1 Å². The van der Waals surface area contributed by atoms with E-state index in [-0.39, 0.29) is 5.56 Å². The van der Waals surface area contributed by atoms with Gasteiger partial charge in [0, 0.05) is 0 Å². The van der Waals surface area contributed by atoms with Crippen LogP contribution in [0.1, 0.15) is 24.2 Å². The van der Waals surface area contributed by atoms with Gasteiger partial charge in [-0.1, -0.05) is 0 Å². The van der Waals surface area contributed by atoms with Gasteiger partial charge < -0.3 is 20.1 Å². The topological polar surface area (TPSA) is 69.9 Å². The summed E-state index contributed by atoms with van der Waals surface area (Å²) in [4.78, 5) is 0. The monoisotopic (exact) mass is 310 g/mol. The van der Waals surface area contributed by atoms with Crippen LogP contribution in [0.25, 0.3) is 0 Å². The van der Waals surface area contributed by atoms with Gasteiger partial charge in [0.1, 0.15) is 30.2 Å². The number of hydrogen-bond donors (Lipinski definition) is 3. The Morgan fingerprint density at radius 2 is 1.76 bits per heavy atom. The van der Waals surface area contributed by atoms with E-state index in [0.717, 1.165) is 6.07 Å². The lowest BCUT2D eigenvalue weighted by atomic mass is 9.97. The number of ether oxygens (including phenoxy) is 1. The van der Waals surface area contributed by atoms with Crippen LogP contribution in [0, 0.1) is 5.82 Å². The van der Waals surface area contributed by atoms with E-state index in [1.807, 2.05) is 0 Å². The predicted molar refractivity (Wildman–Crippen MR) is 62.7 cm³/mol. The van der Waals surface area contributed by atoms with E-state index in [9.17, 15) is 32.9 Å². The molecular formula is C13H14F4O4. The second-order valence-electron chi connectivity index (χ2n) is 5.00. The average molecular weight is 310 g/mol. The molecule has 0 spiro atoms. The SMILES string of the molecule is CC1OC(C(O)c2cc(F)cc(C(F)(F)F)c2)C(O)C1O. The smallest absolute Gasteiger partial charge is 0.388 e. The minimum atomic E-state index is -4.77. The molecule has 1 fully saturated rings. The Morgan fingerprint density at radius 1 is 1.14 bits per heavy atom. The summed E-state index contributed by atoms with van der Waals surface area (Å²) in [6.45, 7) is 1.44. The quantitative estimate of drug-likeness (QED) is 0.722. The van der Waals surface area contributed by atoms with Crippen molar-refractivity contribution in [3.8, 4) is 0 Å². The summed E-state index contributed by atoms with van der Waals surface area (Å²) >= 11 is 0. The van der Waals surface area contributed by atoms with Gasteiger partial charge in [-0.05, 0) is 30.7 Å². The molecule has 8 heteroatoms. The van der Waals surface area contributed by atoms with Gasteiger partial charge >= 0.3 is 6.18 Å². The van der Waals surface area contributed by atoms with Crippen molar-refractivity contribution in [1.29, 1.82) is 0 Å². The molecule has 0 saturated carbocycles. The average Bonchev–Trinajstić information content (AvgIpc) is 2.64. The zero-order valence-electron chi connectivity index (χ0n) is 10.9. The highest BCUT2D eigenvalue weighted by molar-refractivity contribution is 5.29. The number of aliphatic hydroxyl groups excluding tert-OH is 3. The van der Waals surface area contributed by atoms with Crippen molar-refractivity contribution in [1.82, 2.24) is 0 Å². The summed E-state index contributed by atoms with van der Waals surface area (Å²) in [6.07, 6.45) is -11.4. The first-order chi connectivity index (χ1) is 9.61. The molecule has 1 aliphatic heterocycles. The van der Waals surface area contributed by atoms with Gasteiger partial charge in [-0.25, -0.2) is 4.39 Å². The van der Waals surface area contributed by atoms with Crippen molar-refractivity contribution in [2.75, 3.05) is 0 Å². The Labute approximate surface area is 117 Å². The molecule has 2 rings (SSSR count). The molecule has 5 atom stereocenters. The van der Waals surface area contributed by atoms with Crippen LogP contribution in [0.4, 0.5) is 17.6 Å². The fraction of sp³-hybridized carbons (Fsp3) is 0.538. The third-order valence-corrected chi connectivity index (χ3v) is 3.44. The molecule has 0 aliphatic carbocycles. The van der Waals surface area contributed by atoms with E-state index < -0.39 is 48.1 Å². The number of benzene rings is 1. The van der Waals surface area contributed by atoms with E-state index in [1.165, 1.54) is 6.92 Å². The molecule has 118 valence electrons. The maximum absolute atomic E-state index is 13.3. The minimum absolute atomic E-state index is 0.305. The first-order valence-electron chi connectivity index (χ1n) is 6.18. The molecule has 0 radical (unpaired) electrons. The number of alkyl halides is 3. The van der Waals surface area contributed by atoms with Crippen molar-refractivity contribution in [2.45, 2.75) is 43.6 Å². The Kier molecular flexibility index (Phi) is 4.25. The molecule has 3 N–H and O–H groups in total. The lowest BCUT2D eigenvalue weighted by Crippen LogP contribution is -2.35. The highest BCUT2D eigenvalue weighted by Gasteiger charge is 2.44. The number of rotatable bonds is 2. The first kappa shape index (κ1) is 16.2. The van der Waals surface area contributed by atoms with E-state index in [0.29, 0.717) is 12.1 Å². The van der Waals surface area contributed by atoms with Crippen LogP contribution >= 0.6 is 0 Å². The number of aliphatic hydroxyl groups is 3. The van der Waals surface area contributed by atoms with Gasteiger partial charge in [-0.2, -0.15) is 13.2 Å². The maximum Gasteiger partial charge on any atom is 0.416 e. The van der Waals surface area contributed by atoms with Gasteiger partial charge in [0.05, 0.1) is 11.7 Å².